The maximum absolute atomic E-state index is 11.0. The van der Waals surface area contributed by atoms with Gasteiger partial charge in [0.25, 0.3) is 0 Å². The molecule has 0 atom stereocenters. The summed E-state index contributed by atoms with van der Waals surface area (Å²) in [6.45, 7) is -0.0804. The summed E-state index contributed by atoms with van der Waals surface area (Å²) in [6, 6.07) is 0. The number of nitrogens with one attached hydrogen (secondary N) is 2. The van der Waals surface area contributed by atoms with Gasteiger partial charge in [0.15, 0.2) is 6.61 Å². The zero-order chi connectivity index (χ0) is 12.4. The summed E-state index contributed by atoms with van der Waals surface area (Å²) in [6.07, 6.45) is -0.867. The van der Waals surface area contributed by atoms with Crippen molar-refractivity contribution < 1.29 is 23.9 Å². The van der Waals surface area contributed by atoms with Gasteiger partial charge in [-0.3, -0.25) is 4.79 Å². The van der Waals surface area contributed by atoms with Crippen LogP contribution in [-0.4, -0.2) is 51.3 Å². The van der Waals surface area contributed by atoms with Crippen molar-refractivity contribution in [2.75, 3.05) is 33.4 Å². The molecule has 0 heterocycles. The van der Waals surface area contributed by atoms with E-state index in [0.717, 1.165) is 0 Å². The Morgan fingerprint density at radius 1 is 1.25 bits per heavy atom. The van der Waals surface area contributed by atoms with E-state index in [0.29, 0.717) is 13.1 Å². The first-order valence-electron chi connectivity index (χ1n) is 4.54. The van der Waals surface area contributed by atoms with Crippen LogP contribution in [0.25, 0.3) is 0 Å². The summed E-state index contributed by atoms with van der Waals surface area (Å²) in [5.41, 5.74) is 5.15. The van der Waals surface area contributed by atoms with Crippen LogP contribution in [0.1, 0.15) is 0 Å². The Hall–Kier alpha value is -1.83. The molecular weight excluding hydrogens is 218 g/mol. The Morgan fingerprint density at radius 2 is 1.94 bits per heavy atom. The van der Waals surface area contributed by atoms with Gasteiger partial charge in [-0.15, -0.1) is 0 Å². The quantitative estimate of drug-likeness (QED) is 0.455. The molecule has 0 fully saturated rings. The van der Waals surface area contributed by atoms with Crippen LogP contribution < -0.4 is 16.4 Å². The second-order valence-electron chi connectivity index (χ2n) is 2.64. The lowest BCUT2D eigenvalue weighted by molar-refractivity contribution is -0.143. The molecule has 2 amide bonds. The molecule has 8 nitrogen and oxygen atoms in total. The molecule has 0 spiro atoms. The lowest BCUT2D eigenvalue weighted by Gasteiger charge is -2.06. The zero-order valence-electron chi connectivity index (χ0n) is 8.95. The number of carbonyl (C=O) groups is 3. The number of alkyl carbamates (subject to hydrolysis) is 1. The lowest BCUT2D eigenvalue weighted by atomic mass is 10.5. The first-order chi connectivity index (χ1) is 7.60. The molecule has 0 rings (SSSR count). The fourth-order valence-corrected chi connectivity index (χ4v) is 0.661. The van der Waals surface area contributed by atoms with Gasteiger partial charge in [-0.2, -0.15) is 0 Å². The molecule has 0 aliphatic heterocycles. The predicted octanol–water partition coefficient (Wildman–Crippen LogP) is -2.04. The van der Waals surface area contributed by atoms with Crippen LogP contribution in [0, 0.1) is 0 Å². The van der Waals surface area contributed by atoms with Crippen LogP contribution in [0.2, 0.25) is 0 Å². The molecule has 0 bridgehead atoms. The van der Waals surface area contributed by atoms with E-state index in [-0.39, 0.29) is 12.5 Å². The van der Waals surface area contributed by atoms with Crippen molar-refractivity contribution in [2.24, 2.45) is 5.73 Å². The van der Waals surface area contributed by atoms with Crippen LogP contribution in [0.4, 0.5) is 4.79 Å². The Morgan fingerprint density at radius 3 is 2.50 bits per heavy atom. The molecule has 8 heteroatoms. The van der Waals surface area contributed by atoms with E-state index in [2.05, 4.69) is 20.1 Å². The first-order valence-corrected chi connectivity index (χ1v) is 4.54. The summed E-state index contributed by atoms with van der Waals surface area (Å²) in [5, 5.41) is 4.59. The van der Waals surface area contributed by atoms with Crippen LogP contribution >= 0.6 is 0 Å². The SMILES string of the molecule is COC(=O)COC(=O)NCC(=O)NCCN. The van der Waals surface area contributed by atoms with Gasteiger partial charge in [0.1, 0.15) is 0 Å². The minimum Gasteiger partial charge on any atom is -0.466 e. The largest absolute Gasteiger partial charge is 0.466 e. The van der Waals surface area contributed by atoms with E-state index in [9.17, 15) is 14.4 Å². The third-order valence-electron chi connectivity index (χ3n) is 1.41. The average molecular weight is 233 g/mol. The van der Waals surface area contributed by atoms with Gasteiger partial charge in [0.2, 0.25) is 5.91 Å². The second-order valence-corrected chi connectivity index (χ2v) is 2.64. The van der Waals surface area contributed by atoms with E-state index in [1.54, 1.807) is 0 Å². The summed E-state index contributed by atoms with van der Waals surface area (Å²) in [7, 11) is 1.17. The van der Waals surface area contributed by atoms with Gasteiger partial charge in [0.05, 0.1) is 13.7 Å². The highest BCUT2D eigenvalue weighted by Crippen LogP contribution is 1.80. The molecule has 4 N–H and O–H groups in total. The third-order valence-corrected chi connectivity index (χ3v) is 1.41. The molecular formula is C8H15N3O5. The van der Waals surface area contributed by atoms with Gasteiger partial charge >= 0.3 is 12.1 Å². The van der Waals surface area contributed by atoms with Crippen molar-refractivity contribution in [2.45, 2.75) is 0 Å². The highest BCUT2D eigenvalue weighted by atomic mass is 16.6. The Bertz CT molecular complexity index is 256. The van der Waals surface area contributed by atoms with Crippen molar-refractivity contribution in [3.8, 4) is 0 Å². The fourth-order valence-electron chi connectivity index (χ4n) is 0.661. The van der Waals surface area contributed by atoms with Crippen molar-refractivity contribution >= 4 is 18.0 Å². The number of ether oxygens (including phenoxy) is 2. The number of esters is 1. The van der Waals surface area contributed by atoms with E-state index in [4.69, 9.17) is 5.73 Å². The van der Waals surface area contributed by atoms with Crippen LogP contribution in [0.3, 0.4) is 0 Å². The number of carbonyl (C=O) groups excluding carboxylic acids is 3. The summed E-state index contributed by atoms with van der Waals surface area (Å²) < 4.78 is 8.66. The lowest BCUT2D eigenvalue weighted by Crippen LogP contribution is -2.39. The molecule has 0 aliphatic rings. The Kier molecular flexibility index (Phi) is 7.51. The van der Waals surface area contributed by atoms with Crippen LogP contribution in [0.15, 0.2) is 0 Å². The molecule has 0 aromatic carbocycles. The molecule has 0 unspecified atom stereocenters. The number of amides is 2. The van der Waals surface area contributed by atoms with E-state index < -0.39 is 18.7 Å². The average Bonchev–Trinajstić information content (AvgIpc) is 2.30. The second kappa shape index (κ2) is 8.48. The summed E-state index contributed by atoms with van der Waals surface area (Å²) >= 11 is 0. The van der Waals surface area contributed by atoms with Crippen molar-refractivity contribution in [1.82, 2.24) is 10.6 Å². The van der Waals surface area contributed by atoms with Crippen molar-refractivity contribution in [3.63, 3.8) is 0 Å². The molecule has 0 radical (unpaired) electrons. The first kappa shape index (κ1) is 14.2. The van der Waals surface area contributed by atoms with E-state index in [1.807, 2.05) is 0 Å². The highest BCUT2D eigenvalue weighted by molar-refractivity contribution is 5.82. The third kappa shape index (κ3) is 7.56. The standard InChI is InChI=1S/C8H15N3O5/c1-15-7(13)5-16-8(14)11-4-6(12)10-3-2-9/h2-5,9H2,1H3,(H,10,12)(H,11,14). The summed E-state index contributed by atoms with van der Waals surface area (Å²) in [5.74, 6) is -1.07. The molecule has 0 saturated heterocycles. The van der Waals surface area contributed by atoms with Gasteiger partial charge in [-0.05, 0) is 0 Å². The Labute approximate surface area is 92.4 Å². The fraction of sp³-hybridized carbons (Fsp3) is 0.625. The zero-order valence-corrected chi connectivity index (χ0v) is 8.95. The van der Waals surface area contributed by atoms with Crippen LogP contribution in [0.5, 0.6) is 0 Å². The molecule has 0 aromatic rings. The number of hydrogen-bond donors (Lipinski definition) is 3. The van der Waals surface area contributed by atoms with E-state index in [1.165, 1.54) is 7.11 Å². The molecule has 16 heavy (non-hydrogen) atoms. The summed E-state index contributed by atoms with van der Waals surface area (Å²) in [4.78, 5) is 32.4. The minimum atomic E-state index is -0.867. The predicted molar refractivity (Wildman–Crippen MR) is 53.4 cm³/mol. The van der Waals surface area contributed by atoms with Crippen molar-refractivity contribution in [1.29, 1.82) is 0 Å². The monoisotopic (exact) mass is 233 g/mol. The number of methoxy groups -OCH3 is 1. The smallest absolute Gasteiger partial charge is 0.408 e. The number of hydrogen-bond acceptors (Lipinski definition) is 6. The molecule has 92 valence electrons. The minimum absolute atomic E-state index is 0.236. The maximum Gasteiger partial charge on any atom is 0.408 e. The van der Waals surface area contributed by atoms with Gasteiger partial charge in [0, 0.05) is 13.1 Å². The van der Waals surface area contributed by atoms with Crippen LogP contribution in [-0.2, 0) is 19.1 Å². The van der Waals surface area contributed by atoms with Gasteiger partial charge in [-0.1, -0.05) is 0 Å². The maximum atomic E-state index is 11.0. The van der Waals surface area contributed by atoms with Crippen molar-refractivity contribution in [3.05, 3.63) is 0 Å². The Balaban J connectivity index is 3.57. The van der Waals surface area contributed by atoms with E-state index >= 15 is 0 Å². The number of rotatable bonds is 6. The number of nitrogens with two attached hydrogens (primary N) is 1. The van der Waals surface area contributed by atoms with Gasteiger partial charge < -0.3 is 25.8 Å². The normalized spacial score (nSPS) is 9.12. The topological polar surface area (TPSA) is 120 Å². The molecule has 0 aromatic heterocycles. The molecule has 0 saturated carbocycles. The molecule has 0 aliphatic carbocycles. The van der Waals surface area contributed by atoms with Gasteiger partial charge in [-0.25, -0.2) is 9.59 Å². The highest BCUT2D eigenvalue weighted by Gasteiger charge is 2.08.